The van der Waals surface area contributed by atoms with Crippen molar-refractivity contribution in [1.82, 2.24) is 4.98 Å². The monoisotopic (exact) mass is 312 g/mol. The van der Waals surface area contributed by atoms with Crippen molar-refractivity contribution < 1.29 is 9.13 Å². The molecule has 0 atom stereocenters. The fourth-order valence-electron chi connectivity index (χ4n) is 2.11. The van der Waals surface area contributed by atoms with Gasteiger partial charge in [0.25, 0.3) is 5.56 Å². The largest absolute Gasteiger partial charge is 0.491 e. The van der Waals surface area contributed by atoms with Crippen LogP contribution in [0.4, 0.5) is 10.2 Å². The molecule has 1 aromatic carbocycles. The molecule has 23 heavy (non-hydrogen) atoms. The van der Waals surface area contributed by atoms with Crippen LogP contribution in [0.2, 0.25) is 0 Å². The summed E-state index contributed by atoms with van der Waals surface area (Å²) in [5.41, 5.74) is 5.01. The average molecular weight is 312 g/mol. The fourth-order valence-corrected chi connectivity index (χ4v) is 2.11. The van der Waals surface area contributed by atoms with E-state index in [1.807, 2.05) is 13.0 Å². The molecular weight excluding hydrogens is 299 g/mol. The predicted molar refractivity (Wildman–Crippen MR) is 82.1 cm³/mol. The lowest BCUT2D eigenvalue weighted by Gasteiger charge is -2.11. The van der Waals surface area contributed by atoms with Gasteiger partial charge in [-0.15, -0.1) is 0 Å². The first kappa shape index (κ1) is 16.1. The van der Waals surface area contributed by atoms with Gasteiger partial charge in [-0.3, -0.25) is 4.79 Å². The Kier molecular flexibility index (Phi) is 4.63. The summed E-state index contributed by atoms with van der Waals surface area (Å²) in [6.45, 7) is 2.19. The lowest BCUT2D eigenvalue weighted by molar-refractivity contribution is 0.301. The molecule has 0 bridgehead atoms. The highest BCUT2D eigenvalue weighted by atomic mass is 19.1. The van der Waals surface area contributed by atoms with Crippen molar-refractivity contribution in [2.24, 2.45) is 0 Å². The first-order chi connectivity index (χ1) is 11.0. The number of nitrogens with one attached hydrogen (secondary N) is 1. The molecule has 0 unspecified atom stereocenters. The number of H-pyrrole nitrogens is 1. The van der Waals surface area contributed by atoms with Crippen molar-refractivity contribution in [1.29, 1.82) is 10.5 Å². The maximum Gasteiger partial charge on any atom is 0.268 e. The van der Waals surface area contributed by atoms with Crippen molar-refractivity contribution >= 4 is 5.82 Å². The predicted octanol–water partition coefficient (Wildman–Crippen LogP) is 2.30. The molecule has 3 N–H and O–H groups in total. The quantitative estimate of drug-likeness (QED) is 0.898. The minimum Gasteiger partial charge on any atom is -0.491 e. The van der Waals surface area contributed by atoms with Gasteiger partial charge in [0.05, 0.1) is 6.61 Å². The van der Waals surface area contributed by atoms with Gasteiger partial charge in [-0.1, -0.05) is 13.0 Å². The van der Waals surface area contributed by atoms with Crippen LogP contribution in [0.25, 0.3) is 11.1 Å². The number of hydrogen-bond donors (Lipinski definition) is 2. The molecule has 7 heteroatoms. The summed E-state index contributed by atoms with van der Waals surface area (Å²) in [5, 5.41) is 18.5. The zero-order valence-corrected chi connectivity index (χ0v) is 12.3. The Morgan fingerprint density at radius 2 is 2.00 bits per heavy atom. The molecule has 1 heterocycles. The van der Waals surface area contributed by atoms with Crippen molar-refractivity contribution in [2.45, 2.75) is 13.3 Å². The number of ether oxygens (including phenoxy) is 1. The molecule has 1 aromatic heterocycles. The second-order valence-electron chi connectivity index (χ2n) is 4.71. The van der Waals surface area contributed by atoms with Gasteiger partial charge in [-0.25, -0.2) is 4.39 Å². The van der Waals surface area contributed by atoms with E-state index in [4.69, 9.17) is 10.5 Å². The number of nitriles is 2. The van der Waals surface area contributed by atoms with E-state index in [1.54, 1.807) is 6.07 Å². The standard InChI is InChI=1S/C16H13FN4O2/c1-2-5-23-13-6-9(3-4-12(13)17)14-10(7-18)15(20)21-16(22)11(14)8-19/h3-4,6H,2,5H2,1H3,(H3,20,21,22). The van der Waals surface area contributed by atoms with Crippen LogP contribution < -0.4 is 16.0 Å². The van der Waals surface area contributed by atoms with Crippen molar-refractivity contribution in [3.8, 4) is 29.0 Å². The smallest absolute Gasteiger partial charge is 0.268 e. The minimum atomic E-state index is -0.709. The number of benzene rings is 1. The third-order valence-corrected chi connectivity index (χ3v) is 3.15. The number of rotatable bonds is 4. The normalized spacial score (nSPS) is 9.91. The van der Waals surface area contributed by atoms with Crippen LogP contribution in [0.1, 0.15) is 24.5 Å². The fraction of sp³-hybridized carbons (Fsp3) is 0.188. The number of nitrogen functional groups attached to an aromatic ring is 1. The molecule has 0 aliphatic rings. The summed E-state index contributed by atoms with van der Waals surface area (Å²) in [6, 6.07) is 7.48. The van der Waals surface area contributed by atoms with Crippen LogP contribution in [-0.2, 0) is 0 Å². The van der Waals surface area contributed by atoms with Crippen molar-refractivity contribution in [2.75, 3.05) is 12.3 Å². The summed E-state index contributed by atoms with van der Waals surface area (Å²) in [6.07, 6.45) is 0.689. The first-order valence-corrected chi connectivity index (χ1v) is 6.82. The zero-order chi connectivity index (χ0) is 17.0. The van der Waals surface area contributed by atoms with Crippen LogP contribution >= 0.6 is 0 Å². The number of hydrogen-bond acceptors (Lipinski definition) is 5. The van der Waals surface area contributed by atoms with Gasteiger partial charge < -0.3 is 15.5 Å². The topological polar surface area (TPSA) is 116 Å². The van der Waals surface area contributed by atoms with Gasteiger partial charge in [0.1, 0.15) is 29.1 Å². The number of aromatic amines is 1. The molecule has 0 amide bonds. The van der Waals surface area contributed by atoms with Crippen LogP contribution in [0, 0.1) is 28.5 Å². The van der Waals surface area contributed by atoms with Crippen LogP contribution in [0.15, 0.2) is 23.0 Å². The summed E-state index contributed by atoms with van der Waals surface area (Å²) in [7, 11) is 0. The first-order valence-electron chi connectivity index (χ1n) is 6.82. The molecule has 116 valence electrons. The van der Waals surface area contributed by atoms with E-state index in [9.17, 15) is 19.7 Å². The lowest BCUT2D eigenvalue weighted by atomic mass is 9.96. The summed E-state index contributed by atoms with van der Waals surface area (Å²) in [5.74, 6) is -0.736. The molecular formula is C16H13FN4O2. The zero-order valence-electron chi connectivity index (χ0n) is 12.3. The molecule has 0 aliphatic carbocycles. The Hall–Kier alpha value is -3.32. The molecule has 0 spiro atoms. The Morgan fingerprint density at radius 1 is 1.30 bits per heavy atom. The minimum absolute atomic E-state index is 0.0176. The molecule has 0 saturated carbocycles. The average Bonchev–Trinajstić information content (AvgIpc) is 2.53. The molecule has 0 radical (unpaired) electrons. The Balaban J connectivity index is 2.75. The third kappa shape index (κ3) is 2.99. The number of pyridine rings is 1. The van der Waals surface area contributed by atoms with E-state index in [0.29, 0.717) is 18.6 Å². The van der Waals surface area contributed by atoms with Gasteiger partial charge in [0.2, 0.25) is 0 Å². The SMILES string of the molecule is CCCOc1cc(-c2c(C#N)c(N)[nH]c(=O)c2C#N)ccc1F. The Bertz CT molecular complexity index is 891. The van der Waals surface area contributed by atoms with Crippen molar-refractivity contribution in [3.63, 3.8) is 0 Å². The van der Waals surface area contributed by atoms with E-state index in [-0.39, 0.29) is 28.3 Å². The molecule has 0 aliphatic heterocycles. The van der Waals surface area contributed by atoms with E-state index in [2.05, 4.69) is 4.98 Å². The molecule has 2 aromatic rings. The van der Waals surface area contributed by atoms with Crippen molar-refractivity contribution in [3.05, 3.63) is 45.5 Å². The third-order valence-electron chi connectivity index (χ3n) is 3.15. The number of anilines is 1. The molecule has 6 nitrogen and oxygen atoms in total. The lowest BCUT2D eigenvalue weighted by Crippen LogP contribution is -2.16. The van der Waals surface area contributed by atoms with Crippen LogP contribution in [0.3, 0.4) is 0 Å². The highest BCUT2D eigenvalue weighted by Crippen LogP contribution is 2.31. The maximum atomic E-state index is 13.8. The van der Waals surface area contributed by atoms with Gasteiger partial charge in [0.15, 0.2) is 11.6 Å². The Morgan fingerprint density at radius 3 is 2.61 bits per heavy atom. The number of aromatic nitrogens is 1. The maximum absolute atomic E-state index is 13.8. The van der Waals surface area contributed by atoms with Crippen LogP contribution in [0.5, 0.6) is 5.75 Å². The second-order valence-corrected chi connectivity index (χ2v) is 4.71. The van der Waals surface area contributed by atoms with E-state index in [0.717, 1.165) is 6.07 Å². The summed E-state index contributed by atoms with van der Waals surface area (Å²) >= 11 is 0. The molecule has 0 saturated heterocycles. The highest BCUT2D eigenvalue weighted by Gasteiger charge is 2.19. The van der Waals surface area contributed by atoms with Crippen LogP contribution in [-0.4, -0.2) is 11.6 Å². The van der Waals surface area contributed by atoms with E-state index >= 15 is 0 Å². The summed E-state index contributed by atoms with van der Waals surface area (Å²) < 4.78 is 19.1. The number of nitrogens with zero attached hydrogens (tertiary/aromatic N) is 2. The number of halogens is 1. The van der Waals surface area contributed by atoms with Gasteiger partial charge >= 0.3 is 0 Å². The van der Waals surface area contributed by atoms with Gasteiger partial charge in [0, 0.05) is 5.56 Å². The van der Waals surface area contributed by atoms with Gasteiger partial charge in [-0.05, 0) is 24.1 Å². The Labute approximate surface area is 131 Å². The molecule has 0 fully saturated rings. The second kappa shape index (κ2) is 6.63. The van der Waals surface area contributed by atoms with E-state index < -0.39 is 11.4 Å². The highest BCUT2D eigenvalue weighted by molar-refractivity contribution is 5.80. The number of nitrogens with two attached hydrogens (primary N) is 1. The van der Waals surface area contributed by atoms with E-state index in [1.165, 1.54) is 12.1 Å². The molecule has 2 rings (SSSR count). The summed E-state index contributed by atoms with van der Waals surface area (Å²) in [4.78, 5) is 14.1. The van der Waals surface area contributed by atoms with Gasteiger partial charge in [-0.2, -0.15) is 10.5 Å².